The molecule has 0 radical (unpaired) electrons. The molecule has 4 saturated heterocycles. The predicted molar refractivity (Wildman–Crippen MR) is 247 cm³/mol. The van der Waals surface area contributed by atoms with Gasteiger partial charge in [0.05, 0.1) is 38.6 Å². The molecule has 1 aromatic carbocycles. The van der Waals surface area contributed by atoms with Crippen LogP contribution in [-0.2, 0) is 25.0 Å². The number of pyridine rings is 1. The zero-order valence-electron chi connectivity index (χ0n) is 36.9. The van der Waals surface area contributed by atoms with Crippen LogP contribution in [0.5, 0.6) is 0 Å². The molecule has 7 heterocycles. The largest absolute Gasteiger partial charge is 0.357 e. The van der Waals surface area contributed by atoms with E-state index in [4.69, 9.17) is 15.0 Å². The van der Waals surface area contributed by atoms with Gasteiger partial charge < -0.3 is 20.0 Å². The number of carbonyl (C=O) groups is 2. The number of anilines is 3. The molecule has 2 amide bonds. The first-order valence-electron chi connectivity index (χ1n) is 22.6. The van der Waals surface area contributed by atoms with Crippen LogP contribution < -0.4 is 20.3 Å². The molecule has 0 aliphatic carbocycles. The average Bonchev–Trinajstić information content (AvgIpc) is 3.72. The van der Waals surface area contributed by atoms with Crippen LogP contribution >= 0.6 is 11.3 Å². The number of nitrogens with one attached hydrogen (secondary N) is 3. The number of aromatic nitrogens is 4. The van der Waals surface area contributed by atoms with E-state index in [0.29, 0.717) is 53.4 Å². The van der Waals surface area contributed by atoms with E-state index in [-0.39, 0.29) is 46.2 Å². The minimum atomic E-state index is -3.69. The second kappa shape index (κ2) is 19.3. The molecular formula is C46H61FN10O4S2. The minimum absolute atomic E-state index is 0.0970. The molecule has 4 fully saturated rings. The molecule has 4 aliphatic heterocycles. The molecule has 1 atom stereocenters. The standard InChI is InChI=1S/C46H61FN10O4S2/c1-5-27-63(60,61)54-36-8-6-7-35(40(36)47)41-42(62-44(53-41)46(2,3)4)37-13-20-48-45(51-37)50-32-16-25-56(26-17-32)33-18-21-55(22-19-33)29-30-14-23-57(24-15-30)38-11-9-31(28-49-38)34-10-12-39(58)52-43(34)59/h6-9,11,13,20,28,30,32-34,54H,5,10,12,14-19,21-27,29H2,1-4H3,(H,48,50,51)(H,52,58,59)/t34-/m0/s1. The number of halogens is 1. The highest BCUT2D eigenvalue weighted by Crippen LogP contribution is 2.42. The minimum Gasteiger partial charge on any atom is -0.357 e. The zero-order chi connectivity index (χ0) is 44.3. The normalized spacial score (nSPS) is 20.5. The Hall–Kier alpha value is -4.58. The van der Waals surface area contributed by atoms with Gasteiger partial charge >= 0.3 is 0 Å². The van der Waals surface area contributed by atoms with Crippen LogP contribution in [0.4, 0.5) is 21.8 Å². The Morgan fingerprint density at radius 3 is 2.35 bits per heavy atom. The third-order valence-electron chi connectivity index (χ3n) is 13.0. The first-order valence-corrected chi connectivity index (χ1v) is 25.1. The number of nitrogens with zero attached hydrogens (tertiary/aromatic N) is 7. The van der Waals surface area contributed by atoms with Gasteiger partial charge in [0.25, 0.3) is 0 Å². The van der Waals surface area contributed by atoms with E-state index in [1.54, 1.807) is 31.5 Å². The van der Waals surface area contributed by atoms with Crippen molar-refractivity contribution < 1.29 is 22.4 Å². The van der Waals surface area contributed by atoms with Gasteiger partial charge in [0.2, 0.25) is 27.8 Å². The fourth-order valence-electron chi connectivity index (χ4n) is 9.40. The van der Waals surface area contributed by atoms with Gasteiger partial charge in [-0.1, -0.05) is 39.8 Å². The number of sulfonamides is 1. The van der Waals surface area contributed by atoms with E-state index in [2.05, 4.69) is 55.8 Å². The number of likely N-dealkylation sites (tertiary alicyclic amines) is 2. The number of piperidine rings is 4. The van der Waals surface area contributed by atoms with Crippen LogP contribution in [0.1, 0.15) is 102 Å². The van der Waals surface area contributed by atoms with Crippen LogP contribution in [0, 0.1) is 11.7 Å². The lowest BCUT2D eigenvalue weighted by molar-refractivity contribution is -0.134. The molecule has 0 bridgehead atoms. The SMILES string of the molecule is CCCS(=O)(=O)Nc1cccc(-c2nc(C(C)(C)C)sc2-c2ccnc(NC3CCN(C4CCN(CC5CCN(c6ccc([C@@H]7CCC(=O)NC7=O)cn6)CC5)CC4)CC3)n2)c1F. The van der Waals surface area contributed by atoms with Gasteiger partial charge in [-0.3, -0.25) is 19.6 Å². The van der Waals surface area contributed by atoms with Crippen molar-refractivity contribution in [2.45, 2.75) is 109 Å². The Balaban J connectivity index is 0.811. The van der Waals surface area contributed by atoms with Crippen LogP contribution in [0.25, 0.3) is 21.8 Å². The summed E-state index contributed by atoms with van der Waals surface area (Å²) in [5.74, 6) is 0.671. The Morgan fingerprint density at radius 1 is 0.905 bits per heavy atom. The van der Waals surface area contributed by atoms with Crippen LogP contribution in [0.15, 0.2) is 48.8 Å². The van der Waals surface area contributed by atoms with Crippen LogP contribution in [-0.4, -0.2) is 114 Å². The highest BCUT2D eigenvalue weighted by molar-refractivity contribution is 7.92. The molecule has 0 spiro atoms. The van der Waals surface area contributed by atoms with Crippen molar-refractivity contribution in [2.75, 3.05) is 66.5 Å². The molecule has 4 aliphatic rings. The zero-order valence-corrected chi connectivity index (χ0v) is 38.5. The maximum absolute atomic E-state index is 16.1. The van der Waals surface area contributed by atoms with Crippen molar-refractivity contribution in [2.24, 2.45) is 5.92 Å². The summed E-state index contributed by atoms with van der Waals surface area (Å²) in [6.45, 7) is 15.4. The molecule has 8 rings (SSSR count). The molecule has 338 valence electrons. The van der Waals surface area contributed by atoms with Crippen LogP contribution in [0.3, 0.4) is 0 Å². The van der Waals surface area contributed by atoms with Gasteiger partial charge in [-0.25, -0.2) is 32.7 Å². The molecule has 3 aromatic heterocycles. The van der Waals surface area contributed by atoms with Gasteiger partial charge in [-0.15, -0.1) is 11.3 Å². The topological polar surface area (TPSA) is 166 Å². The number of thiazole rings is 1. The third-order valence-corrected chi connectivity index (χ3v) is 15.9. The van der Waals surface area contributed by atoms with Crippen molar-refractivity contribution in [1.82, 2.24) is 35.1 Å². The number of carbonyl (C=O) groups excluding carboxylic acids is 2. The van der Waals surface area contributed by atoms with Gasteiger partial charge in [0, 0.05) is 74.6 Å². The van der Waals surface area contributed by atoms with Crippen molar-refractivity contribution >= 4 is 50.6 Å². The fourth-order valence-corrected chi connectivity index (χ4v) is 11.6. The molecular weight excluding hydrogens is 840 g/mol. The summed E-state index contributed by atoms with van der Waals surface area (Å²) in [6.07, 6.45) is 11.5. The summed E-state index contributed by atoms with van der Waals surface area (Å²) in [5, 5.41) is 6.87. The summed E-state index contributed by atoms with van der Waals surface area (Å²) in [5.41, 5.74) is 1.75. The van der Waals surface area contributed by atoms with E-state index in [0.717, 1.165) is 87.9 Å². The van der Waals surface area contributed by atoms with Gasteiger partial charge in [-0.2, -0.15) is 0 Å². The average molecular weight is 901 g/mol. The lowest BCUT2D eigenvalue weighted by atomic mass is 9.91. The number of benzene rings is 1. The monoisotopic (exact) mass is 900 g/mol. The third kappa shape index (κ3) is 10.9. The summed E-state index contributed by atoms with van der Waals surface area (Å²) in [7, 11) is -3.69. The molecule has 4 aromatic rings. The first kappa shape index (κ1) is 45.0. The van der Waals surface area contributed by atoms with Crippen molar-refractivity contribution in [3.8, 4) is 21.8 Å². The van der Waals surface area contributed by atoms with E-state index in [1.165, 1.54) is 30.2 Å². The maximum Gasteiger partial charge on any atom is 0.234 e. The number of amides is 2. The van der Waals surface area contributed by atoms with E-state index in [1.807, 2.05) is 18.2 Å². The quantitative estimate of drug-likeness (QED) is 0.118. The second-order valence-corrected chi connectivity index (χ2v) is 21.5. The van der Waals surface area contributed by atoms with Crippen molar-refractivity contribution in [1.29, 1.82) is 0 Å². The first-order chi connectivity index (χ1) is 30.2. The lowest BCUT2D eigenvalue weighted by Crippen LogP contribution is -2.50. The van der Waals surface area contributed by atoms with E-state index < -0.39 is 15.8 Å². The summed E-state index contributed by atoms with van der Waals surface area (Å²) in [4.78, 5) is 51.4. The number of imide groups is 1. The molecule has 0 unspecified atom stereocenters. The smallest absolute Gasteiger partial charge is 0.234 e. The molecule has 3 N–H and O–H groups in total. The second-order valence-electron chi connectivity index (χ2n) is 18.7. The Kier molecular flexibility index (Phi) is 13.8. The predicted octanol–water partition coefficient (Wildman–Crippen LogP) is 7.03. The highest BCUT2D eigenvalue weighted by atomic mass is 32.2. The fraction of sp³-hybridized carbons (Fsp3) is 0.565. The number of rotatable bonds is 13. The molecule has 14 nitrogen and oxygen atoms in total. The Labute approximate surface area is 374 Å². The number of hydrogen-bond acceptors (Lipinski definition) is 13. The Morgan fingerprint density at radius 2 is 1.67 bits per heavy atom. The Bertz CT molecular complexity index is 2350. The highest BCUT2D eigenvalue weighted by Gasteiger charge is 2.32. The van der Waals surface area contributed by atoms with Gasteiger partial charge in [-0.05, 0) is 100 Å². The number of hydrogen-bond donors (Lipinski definition) is 3. The van der Waals surface area contributed by atoms with E-state index in [9.17, 15) is 18.0 Å². The summed E-state index contributed by atoms with van der Waals surface area (Å²) >= 11 is 1.47. The van der Waals surface area contributed by atoms with Crippen molar-refractivity contribution in [3.05, 3.63) is 65.2 Å². The van der Waals surface area contributed by atoms with Gasteiger partial charge in [0.15, 0.2) is 5.82 Å². The lowest BCUT2D eigenvalue weighted by Gasteiger charge is -2.43. The summed E-state index contributed by atoms with van der Waals surface area (Å²) in [6, 6.07) is 11.4. The molecule has 63 heavy (non-hydrogen) atoms. The van der Waals surface area contributed by atoms with Crippen molar-refractivity contribution in [3.63, 3.8) is 0 Å². The van der Waals surface area contributed by atoms with Gasteiger partial charge in [0.1, 0.15) is 5.82 Å². The maximum atomic E-state index is 16.1. The molecule has 0 saturated carbocycles. The van der Waals surface area contributed by atoms with E-state index >= 15 is 4.39 Å². The van der Waals surface area contributed by atoms with Crippen LogP contribution in [0.2, 0.25) is 0 Å². The summed E-state index contributed by atoms with van der Waals surface area (Å²) < 4.78 is 43.6. The molecule has 17 heteroatoms.